The minimum atomic E-state index is -1.39. The number of aliphatic carboxylic acids is 1. The minimum Gasteiger partial charge on any atom is -0.496 e. The largest absolute Gasteiger partial charge is 0.496 e. The first kappa shape index (κ1) is 14.8. The van der Waals surface area contributed by atoms with Crippen molar-refractivity contribution < 1.29 is 29.3 Å². The standard InChI is InChI=1S/C12H15NO6/c1-18-8-4-3-5-9(19-2)10(8)11(15)13-7(6-14)12(16)17/h3-5,7,14H,6H2,1-2H3,(H,13,15)(H,16,17). The summed E-state index contributed by atoms with van der Waals surface area (Å²) in [4.78, 5) is 22.8. The fraction of sp³-hybridized carbons (Fsp3) is 0.333. The van der Waals surface area contributed by atoms with Gasteiger partial charge in [0.15, 0.2) is 6.04 Å². The summed E-state index contributed by atoms with van der Waals surface area (Å²) in [6, 6.07) is 3.34. The molecule has 0 aliphatic carbocycles. The maximum atomic E-state index is 12.0. The number of benzene rings is 1. The normalized spacial score (nSPS) is 11.5. The number of hydrogen-bond acceptors (Lipinski definition) is 5. The van der Waals surface area contributed by atoms with Crippen LogP contribution >= 0.6 is 0 Å². The molecule has 7 nitrogen and oxygen atoms in total. The number of hydrogen-bond donors (Lipinski definition) is 3. The van der Waals surface area contributed by atoms with Crippen molar-refractivity contribution in [3.8, 4) is 11.5 Å². The quantitative estimate of drug-likeness (QED) is 0.665. The van der Waals surface area contributed by atoms with Crippen LogP contribution in [0, 0.1) is 0 Å². The Balaban J connectivity index is 3.07. The van der Waals surface area contributed by atoms with Crippen molar-refractivity contribution in [2.45, 2.75) is 6.04 Å². The molecule has 1 unspecified atom stereocenters. The summed E-state index contributed by atoms with van der Waals surface area (Å²) in [5, 5.41) is 19.9. The van der Waals surface area contributed by atoms with Gasteiger partial charge in [-0.05, 0) is 12.1 Å². The number of rotatable bonds is 6. The van der Waals surface area contributed by atoms with Gasteiger partial charge in [-0.25, -0.2) is 4.79 Å². The van der Waals surface area contributed by atoms with Crippen molar-refractivity contribution in [3.63, 3.8) is 0 Å². The second-order valence-electron chi connectivity index (χ2n) is 3.58. The third kappa shape index (κ3) is 3.35. The topological polar surface area (TPSA) is 105 Å². The monoisotopic (exact) mass is 269 g/mol. The highest BCUT2D eigenvalue weighted by molar-refractivity contribution is 6.01. The van der Waals surface area contributed by atoms with E-state index < -0.39 is 24.5 Å². The van der Waals surface area contributed by atoms with Crippen molar-refractivity contribution in [2.75, 3.05) is 20.8 Å². The van der Waals surface area contributed by atoms with Gasteiger partial charge in [0.05, 0.1) is 20.8 Å². The fourth-order valence-corrected chi connectivity index (χ4v) is 1.49. The van der Waals surface area contributed by atoms with Crippen molar-refractivity contribution in [1.82, 2.24) is 5.32 Å². The van der Waals surface area contributed by atoms with E-state index in [1.807, 2.05) is 0 Å². The molecule has 7 heteroatoms. The van der Waals surface area contributed by atoms with Gasteiger partial charge < -0.3 is 25.0 Å². The number of carbonyl (C=O) groups excluding carboxylic acids is 1. The van der Waals surface area contributed by atoms with Gasteiger partial charge in [-0.3, -0.25) is 4.79 Å². The number of carboxylic acids is 1. The van der Waals surface area contributed by atoms with Gasteiger partial charge in [0.2, 0.25) is 0 Å². The summed E-state index contributed by atoms with van der Waals surface area (Å²) in [5.41, 5.74) is 0.0761. The molecule has 0 fully saturated rings. The molecule has 1 atom stereocenters. The molecule has 1 aromatic rings. The van der Waals surface area contributed by atoms with Gasteiger partial charge in [-0.15, -0.1) is 0 Å². The van der Waals surface area contributed by atoms with E-state index in [0.29, 0.717) is 0 Å². The first-order valence-corrected chi connectivity index (χ1v) is 5.40. The SMILES string of the molecule is COc1cccc(OC)c1C(=O)NC(CO)C(=O)O. The lowest BCUT2D eigenvalue weighted by Gasteiger charge is -2.15. The zero-order valence-corrected chi connectivity index (χ0v) is 10.5. The fourth-order valence-electron chi connectivity index (χ4n) is 1.49. The maximum Gasteiger partial charge on any atom is 0.328 e. The smallest absolute Gasteiger partial charge is 0.328 e. The van der Waals surface area contributed by atoms with E-state index in [1.165, 1.54) is 14.2 Å². The zero-order valence-electron chi connectivity index (χ0n) is 10.5. The molecule has 19 heavy (non-hydrogen) atoms. The zero-order chi connectivity index (χ0) is 14.4. The Kier molecular flexibility index (Phi) is 5.13. The van der Waals surface area contributed by atoms with Crippen molar-refractivity contribution >= 4 is 11.9 Å². The lowest BCUT2D eigenvalue weighted by Crippen LogP contribution is -2.43. The third-order valence-electron chi connectivity index (χ3n) is 2.44. The first-order valence-electron chi connectivity index (χ1n) is 5.40. The number of aliphatic hydroxyl groups excluding tert-OH is 1. The molecule has 1 amide bonds. The van der Waals surface area contributed by atoms with Crippen LogP contribution < -0.4 is 14.8 Å². The van der Waals surface area contributed by atoms with Crippen LogP contribution in [-0.2, 0) is 4.79 Å². The molecule has 0 saturated carbocycles. The van der Waals surface area contributed by atoms with Crippen LogP contribution in [0.4, 0.5) is 0 Å². The molecule has 1 rings (SSSR count). The van der Waals surface area contributed by atoms with E-state index in [4.69, 9.17) is 19.7 Å². The summed E-state index contributed by atoms with van der Waals surface area (Å²) in [6.45, 7) is -0.710. The minimum absolute atomic E-state index is 0.0761. The summed E-state index contributed by atoms with van der Waals surface area (Å²) in [6.07, 6.45) is 0. The molecular weight excluding hydrogens is 254 g/mol. The number of methoxy groups -OCH3 is 2. The Bertz CT molecular complexity index is 451. The average Bonchev–Trinajstić information content (AvgIpc) is 2.42. The summed E-state index contributed by atoms with van der Waals surface area (Å²) in [7, 11) is 2.76. The van der Waals surface area contributed by atoms with Crippen LogP contribution in [0.5, 0.6) is 11.5 Å². The number of aliphatic hydroxyl groups is 1. The van der Waals surface area contributed by atoms with Crippen molar-refractivity contribution in [2.24, 2.45) is 0 Å². The Morgan fingerprint density at radius 3 is 2.16 bits per heavy atom. The van der Waals surface area contributed by atoms with Gasteiger partial charge in [0.25, 0.3) is 5.91 Å². The summed E-state index contributed by atoms with van der Waals surface area (Å²) >= 11 is 0. The summed E-state index contributed by atoms with van der Waals surface area (Å²) < 4.78 is 10.1. The van der Waals surface area contributed by atoms with Gasteiger partial charge in [-0.2, -0.15) is 0 Å². The molecule has 104 valence electrons. The number of carbonyl (C=O) groups is 2. The van der Waals surface area contributed by atoms with Crippen LogP contribution in [0.1, 0.15) is 10.4 Å². The Morgan fingerprint density at radius 2 is 1.79 bits per heavy atom. The van der Waals surface area contributed by atoms with E-state index in [2.05, 4.69) is 5.32 Å². The van der Waals surface area contributed by atoms with E-state index in [9.17, 15) is 9.59 Å². The van der Waals surface area contributed by atoms with Gasteiger partial charge in [-0.1, -0.05) is 6.07 Å². The predicted octanol–water partition coefficient (Wildman–Crippen LogP) is -0.121. The predicted molar refractivity (Wildman–Crippen MR) is 65.5 cm³/mol. The van der Waals surface area contributed by atoms with Crippen LogP contribution in [0.2, 0.25) is 0 Å². The Labute approximate surface area is 109 Å². The van der Waals surface area contributed by atoms with Gasteiger partial charge >= 0.3 is 5.97 Å². The molecule has 0 bridgehead atoms. The van der Waals surface area contributed by atoms with E-state index in [-0.39, 0.29) is 17.1 Å². The second kappa shape index (κ2) is 6.60. The molecule has 3 N–H and O–H groups in total. The number of ether oxygens (including phenoxy) is 2. The third-order valence-corrected chi connectivity index (χ3v) is 2.44. The molecule has 0 saturated heterocycles. The van der Waals surface area contributed by atoms with E-state index >= 15 is 0 Å². The molecular formula is C12H15NO6. The molecule has 0 aromatic heterocycles. The summed E-state index contributed by atoms with van der Waals surface area (Å²) in [5.74, 6) is -1.53. The van der Waals surface area contributed by atoms with Crippen LogP contribution in [-0.4, -0.2) is 49.0 Å². The van der Waals surface area contributed by atoms with Crippen LogP contribution in [0.3, 0.4) is 0 Å². The van der Waals surface area contributed by atoms with Gasteiger partial charge in [0, 0.05) is 0 Å². The highest BCUT2D eigenvalue weighted by atomic mass is 16.5. The number of carboxylic acid groups (broad SMARTS) is 1. The van der Waals surface area contributed by atoms with E-state index in [0.717, 1.165) is 0 Å². The maximum absolute atomic E-state index is 12.0. The molecule has 0 spiro atoms. The molecule has 1 aromatic carbocycles. The molecule has 0 aliphatic rings. The first-order chi connectivity index (χ1) is 9.04. The number of amides is 1. The highest BCUT2D eigenvalue weighted by Crippen LogP contribution is 2.27. The highest BCUT2D eigenvalue weighted by Gasteiger charge is 2.24. The Hall–Kier alpha value is -2.28. The van der Waals surface area contributed by atoms with Crippen LogP contribution in [0.15, 0.2) is 18.2 Å². The van der Waals surface area contributed by atoms with Crippen molar-refractivity contribution in [3.05, 3.63) is 23.8 Å². The lowest BCUT2D eigenvalue weighted by atomic mass is 10.1. The number of nitrogens with one attached hydrogen (secondary N) is 1. The average molecular weight is 269 g/mol. The van der Waals surface area contributed by atoms with Gasteiger partial charge in [0.1, 0.15) is 17.1 Å². The molecule has 0 radical (unpaired) electrons. The van der Waals surface area contributed by atoms with E-state index in [1.54, 1.807) is 18.2 Å². The second-order valence-corrected chi connectivity index (χ2v) is 3.58. The van der Waals surface area contributed by atoms with Crippen LogP contribution in [0.25, 0.3) is 0 Å². The molecule has 0 heterocycles. The Morgan fingerprint density at radius 1 is 1.26 bits per heavy atom. The van der Waals surface area contributed by atoms with Crippen molar-refractivity contribution in [1.29, 1.82) is 0 Å². The lowest BCUT2D eigenvalue weighted by molar-refractivity contribution is -0.140. The molecule has 0 aliphatic heterocycles.